The van der Waals surface area contributed by atoms with Crippen molar-refractivity contribution >= 4 is 49.8 Å². The quantitative estimate of drug-likeness (QED) is 0.240. The van der Waals surface area contributed by atoms with Crippen molar-refractivity contribution in [3.63, 3.8) is 0 Å². The van der Waals surface area contributed by atoms with E-state index in [9.17, 15) is 0 Å². The molecule has 0 nitrogen and oxygen atoms in total. The van der Waals surface area contributed by atoms with Gasteiger partial charge in [0.25, 0.3) is 3.93 Å². The molecule has 0 aromatic carbocycles. The Hall–Kier alpha value is 1.66. The van der Waals surface area contributed by atoms with Crippen molar-refractivity contribution in [1.82, 2.24) is 0 Å². The SMILES string of the molecule is CCCCCCCCCC[Si](Br)(Br)Br. The van der Waals surface area contributed by atoms with Crippen molar-refractivity contribution in [3.05, 3.63) is 0 Å². The van der Waals surface area contributed by atoms with E-state index in [0.717, 1.165) is 0 Å². The van der Waals surface area contributed by atoms with Crippen molar-refractivity contribution in [2.75, 3.05) is 0 Å². The first-order valence-corrected chi connectivity index (χ1v) is 14.6. The molecule has 0 spiro atoms. The summed E-state index contributed by atoms with van der Waals surface area (Å²) in [6.45, 7) is 2.27. The molecule has 0 aliphatic rings. The summed E-state index contributed by atoms with van der Waals surface area (Å²) in [7, 11) is 0. The zero-order valence-corrected chi connectivity index (χ0v) is 14.8. The van der Waals surface area contributed by atoms with E-state index in [4.69, 9.17) is 0 Å². The Morgan fingerprint density at radius 1 is 0.714 bits per heavy atom. The number of unbranched alkanes of at least 4 members (excludes halogenated alkanes) is 7. The van der Waals surface area contributed by atoms with Crippen LogP contribution in [0.3, 0.4) is 0 Å². The molecule has 14 heavy (non-hydrogen) atoms. The molecule has 0 heterocycles. The molecule has 0 atom stereocenters. The Bertz CT molecular complexity index is 123. The Morgan fingerprint density at radius 3 is 1.57 bits per heavy atom. The van der Waals surface area contributed by atoms with E-state index in [1.54, 1.807) is 0 Å². The molecule has 0 aromatic rings. The summed E-state index contributed by atoms with van der Waals surface area (Å²) in [5.41, 5.74) is 0. The molecule has 0 bridgehead atoms. The average Bonchev–Trinajstić information content (AvgIpc) is 2.08. The molecule has 0 radical (unpaired) electrons. The normalized spacial score (nSPS) is 12.0. The smallest absolute Gasteiger partial charge is 0.0964 e. The number of rotatable bonds is 9. The zero-order chi connectivity index (χ0) is 10.9. The molecule has 0 rings (SSSR count). The zero-order valence-electron chi connectivity index (χ0n) is 9.00. The maximum absolute atomic E-state index is 3.65. The lowest BCUT2D eigenvalue weighted by Crippen LogP contribution is -2.04. The van der Waals surface area contributed by atoms with Gasteiger partial charge in [-0.25, -0.2) is 0 Å². The minimum Gasteiger partial charge on any atom is -0.0964 e. The molecule has 0 unspecified atom stereocenters. The summed E-state index contributed by atoms with van der Waals surface area (Å²) in [5, 5.41) is 0. The largest absolute Gasteiger partial charge is 0.267 e. The van der Waals surface area contributed by atoms with Crippen LogP contribution < -0.4 is 0 Å². The lowest BCUT2D eigenvalue weighted by atomic mass is 10.1. The first kappa shape index (κ1) is 15.7. The molecule has 0 N–H and O–H groups in total. The highest BCUT2D eigenvalue weighted by Crippen LogP contribution is 2.33. The summed E-state index contributed by atoms with van der Waals surface area (Å²) in [4.78, 5) is 0. The summed E-state index contributed by atoms with van der Waals surface area (Å²) >= 11 is 11.0. The molecular weight excluding hydrogens is 388 g/mol. The van der Waals surface area contributed by atoms with Crippen molar-refractivity contribution in [2.24, 2.45) is 0 Å². The van der Waals surface area contributed by atoms with Gasteiger partial charge in [0.1, 0.15) is 0 Å². The van der Waals surface area contributed by atoms with Crippen LogP contribution in [0.25, 0.3) is 0 Å². The predicted octanol–water partition coefficient (Wildman–Crippen LogP) is 6.25. The lowest BCUT2D eigenvalue weighted by molar-refractivity contribution is 0.585. The number of halogens is 3. The van der Waals surface area contributed by atoms with Gasteiger partial charge in [-0.1, -0.05) is 104 Å². The predicted molar refractivity (Wildman–Crippen MR) is 80.0 cm³/mol. The summed E-state index contributed by atoms with van der Waals surface area (Å²) < 4.78 is -1.30. The van der Waals surface area contributed by atoms with Crippen LogP contribution in [-0.4, -0.2) is 3.93 Å². The van der Waals surface area contributed by atoms with E-state index >= 15 is 0 Å². The van der Waals surface area contributed by atoms with Gasteiger partial charge in [-0.2, -0.15) is 0 Å². The topological polar surface area (TPSA) is 0 Å². The van der Waals surface area contributed by atoms with Crippen LogP contribution in [-0.2, 0) is 0 Å². The summed E-state index contributed by atoms with van der Waals surface area (Å²) in [6, 6.07) is 1.28. The van der Waals surface area contributed by atoms with E-state index in [1.165, 1.54) is 57.4 Å². The molecule has 0 amide bonds. The summed E-state index contributed by atoms with van der Waals surface area (Å²) in [5.74, 6) is 0. The fourth-order valence-corrected chi connectivity index (χ4v) is 4.63. The molecule has 0 aromatic heterocycles. The molecule has 0 saturated carbocycles. The summed E-state index contributed by atoms with van der Waals surface area (Å²) in [6.07, 6.45) is 11.2. The molecule has 0 saturated heterocycles. The molecule has 4 heteroatoms. The van der Waals surface area contributed by atoms with E-state index in [2.05, 4.69) is 52.8 Å². The Morgan fingerprint density at radius 2 is 1.14 bits per heavy atom. The third-order valence-corrected chi connectivity index (χ3v) is 6.80. The van der Waals surface area contributed by atoms with E-state index in [1.807, 2.05) is 0 Å². The minimum absolute atomic E-state index is 1.28. The van der Waals surface area contributed by atoms with Gasteiger partial charge in [0.15, 0.2) is 0 Å². The van der Waals surface area contributed by atoms with Crippen LogP contribution in [0.4, 0.5) is 0 Å². The first-order valence-electron chi connectivity index (χ1n) is 5.63. The van der Waals surface area contributed by atoms with Crippen molar-refractivity contribution in [1.29, 1.82) is 0 Å². The second kappa shape index (κ2) is 9.85. The Balaban J connectivity index is 2.99. The van der Waals surface area contributed by atoms with Gasteiger partial charge >= 0.3 is 0 Å². The molecular formula is C10H21Br3Si. The highest BCUT2D eigenvalue weighted by atomic mass is 80.0. The van der Waals surface area contributed by atoms with Crippen molar-refractivity contribution < 1.29 is 0 Å². The van der Waals surface area contributed by atoms with Crippen molar-refractivity contribution in [3.8, 4) is 0 Å². The fourth-order valence-electron chi connectivity index (χ4n) is 1.46. The molecule has 0 aliphatic carbocycles. The highest BCUT2D eigenvalue weighted by Gasteiger charge is 2.20. The van der Waals surface area contributed by atoms with Crippen LogP contribution >= 0.6 is 45.9 Å². The lowest BCUT2D eigenvalue weighted by Gasteiger charge is -2.08. The van der Waals surface area contributed by atoms with Crippen LogP contribution in [0.1, 0.15) is 58.3 Å². The van der Waals surface area contributed by atoms with Gasteiger partial charge in [0.2, 0.25) is 0 Å². The number of hydrogen-bond donors (Lipinski definition) is 0. The van der Waals surface area contributed by atoms with E-state index in [0.29, 0.717) is 0 Å². The second-order valence-electron chi connectivity index (χ2n) is 3.84. The molecule has 86 valence electrons. The standard InChI is InChI=1S/C10H21Br3Si/c1-2-3-4-5-6-7-8-9-10-14(11,12)13/h2-10H2,1H3. The second-order valence-corrected chi connectivity index (χ2v) is 27.3. The van der Waals surface area contributed by atoms with Crippen LogP contribution in [0, 0.1) is 0 Å². The monoisotopic (exact) mass is 406 g/mol. The van der Waals surface area contributed by atoms with Crippen LogP contribution in [0.15, 0.2) is 0 Å². The van der Waals surface area contributed by atoms with Gasteiger partial charge in [0, 0.05) is 0 Å². The van der Waals surface area contributed by atoms with Gasteiger partial charge in [-0.3, -0.25) is 0 Å². The van der Waals surface area contributed by atoms with Crippen molar-refractivity contribution in [2.45, 2.75) is 64.3 Å². The van der Waals surface area contributed by atoms with Gasteiger partial charge in [-0.15, -0.1) is 0 Å². The van der Waals surface area contributed by atoms with Crippen LogP contribution in [0.2, 0.25) is 6.04 Å². The van der Waals surface area contributed by atoms with Gasteiger partial charge in [0.05, 0.1) is 0 Å². The van der Waals surface area contributed by atoms with Gasteiger partial charge < -0.3 is 0 Å². The first-order chi connectivity index (χ1) is 6.56. The average molecular weight is 409 g/mol. The van der Waals surface area contributed by atoms with E-state index < -0.39 is 3.93 Å². The molecule has 0 fully saturated rings. The third kappa shape index (κ3) is 13.7. The third-order valence-electron chi connectivity index (χ3n) is 2.31. The maximum Gasteiger partial charge on any atom is 0.267 e. The highest BCUT2D eigenvalue weighted by molar-refractivity contribution is 9.72. The van der Waals surface area contributed by atoms with E-state index in [-0.39, 0.29) is 0 Å². The maximum atomic E-state index is 3.65. The Labute approximate surface area is 113 Å². The number of hydrogen-bond acceptors (Lipinski definition) is 0. The minimum atomic E-state index is -1.30. The fraction of sp³-hybridized carbons (Fsp3) is 1.00. The van der Waals surface area contributed by atoms with Gasteiger partial charge in [-0.05, 0) is 6.04 Å². The Kier molecular flexibility index (Phi) is 11.0. The molecule has 0 aliphatic heterocycles. The van der Waals surface area contributed by atoms with Crippen LogP contribution in [0.5, 0.6) is 0 Å².